The molecule has 0 radical (unpaired) electrons. The number of phosphoric ester groups is 1. The zero-order valence-corrected chi connectivity index (χ0v) is 40.3. The molecule has 1 aromatic rings. The van der Waals surface area contributed by atoms with Gasteiger partial charge in [0, 0.05) is 25.7 Å². The van der Waals surface area contributed by atoms with E-state index in [4.69, 9.17) is 22.9 Å². The van der Waals surface area contributed by atoms with Gasteiger partial charge >= 0.3 is 19.8 Å². The molecule has 11 nitrogen and oxygen atoms in total. The van der Waals surface area contributed by atoms with Crippen LogP contribution in [0.5, 0.6) is 0 Å². The summed E-state index contributed by atoms with van der Waals surface area (Å²) < 4.78 is 40.3. The maximum Gasteiger partial charge on any atom is 0.472 e. The molecule has 0 spiro atoms. The van der Waals surface area contributed by atoms with Gasteiger partial charge in [0.15, 0.2) is 6.10 Å². The predicted molar refractivity (Wildman–Crippen MR) is 252 cm³/mol. The van der Waals surface area contributed by atoms with E-state index in [9.17, 15) is 24.2 Å². The molecule has 12 heteroatoms. The third-order valence-electron chi connectivity index (χ3n) is 10.0. The number of rotatable bonds is 37. The monoisotopic (exact) mass is 889 g/mol. The van der Waals surface area contributed by atoms with Gasteiger partial charge in [-0.3, -0.25) is 18.6 Å². The van der Waals surface area contributed by atoms with Crippen molar-refractivity contribution in [2.45, 2.75) is 162 Å². The fraction of sp³-hybridized carbons (Fsp3) is 0.640. The Kier molecular flexibility index (Phi) is 32.1. The van der Waals surface area contributed by atoms with Gasteiger partial charge in [-0.1, -0.05) is 125 Å². The second-order valence-electron chi connectivity index (χ2n) is 16.8. The van der Waals surface area contributed by atoms with Crippen LogP contribution in [0.3, 0.4) is 0 Å². The van der Waals surface area contributed by atoms with Crippen molar-refractivity contribution in [3.05, 3.63) is 95.6 Å². The first kappa shape index (κ1) is 56.7. The Morgan fingerprint density at radius 1 is 0.710 bits per heavy atom. The van der Waals surface area contributed by atoms with E-state index < -0.39 is 38.6 Å². The van der Waals surface area contributed by atoms with Gasteiger partial charge in [0.1, 0.15) is 31.3 Å². The van der Waals surface area contributed by atoms with Gasteiger partial charge in [0.25, 0.3) is 0 Å². The van der Waals surface area contributed by atoms with Gasteiger partial charge in [-0.05, 0) is 82.8 Å². The van der Waals surface area contributed by atoms with Crippen molar-refractivity contribution in [2.75, 3.05) is 47.5 Å². The number of furan rings is 1. The maximum atomic E-state index is 12.7. The SMILES string of the molecule is CC/C=C\C/C=C\C/C=C\C/C=C\C=C/C(O)C/C=C\CCC(=O)O[C@H](COC(=O)CCCCCCCCCCc1oc(CCC)c(C)c1C)COP(=O)(O)OCC[N+](C)(C)C. The third-order valence-corrected chi connectivity index (χ3v) is 11.0. The smallest absolute Gasteiger partial charge is 0.466 e. The number of quaternary nitrogens is 1. The minimum absolute atomic E-state index is 0.0108. The number of carbonyl (C=O) groups is 2. The molecular formula is C50H83NO10P+. The van der Waals surface area contributed by atoms with Crippen molar-refractivity contribution in [3.8, 4) is 0 Å². The van der Waals surface area contributed by atoms with Crippen molar-refractivity contribution < 1.29 is 51.6 Å². The molecule has 2 unspecified atom stereocenters. The van der Waals surface area contributed by atoms with E-state index >= 15 is 0 Å². The summed E-state index contributed by atoms with van der Waals surface area (Å²) >= 11 is 0. The largest absolute Gasteiger partial charge is 0.472 e. The summed E-state index contributed by atoms with van der Waals surface area (Å²) in [5.41, 5.74) is 2.61. The Morgan fingerprint density at radius 3 is 1.94 bits per heavy atom. The van der Waals surface area contributed by atoms with Gasteiger partial charge in [-0.2, -0.15) is 0 Å². The molecule has 0 amide bonds. The number of unbranched alkanes of at least 4 members (excludes halogenated alkanes) is 7. The van der Waals surface area contributed by atoms with E-state index in [1.807, 2.05) is 39.4 Å². The van der Waals surface area contributed by atoms with Gasteiger partial charge in [0.2, 0.25) is 0 Å². The lowest BCUT2D eigenvalue weighted by Crippen LogP contribution is -2.37. The lowest BCUT2D eigenvalue weighted by atomic mass is 10.0. The molecule has 62 heavy (non-hydrogen) atoms. The van der Waals surface area contributed by atoms with E-state index in [-0.39, 0.29) is 26.1 Å². The summed E-state index contributed by atoms with van der Waals surface area (Å²) in [5.74, 6) is 1.27. The number of allylic oxidation sites excluding steroid dienone is 10. The molecule has 1 rings (SSSR count). The highest BCUT2D eigenvalue weighted by Crippen LogP contribution is 2.43. The normalized spacial score (nSPS) is 14.7. The van der Waals surface area contributed by atoms with Crippen LogP contribution in [0.1, 0.15) is 146 Å². The highest BCUT2D eigenvalue weighted by molar-refractivity contribution is 7.47. The van der Waals surface area contributed by atoms with Crippen LogP contribution in [-0.2, 0) is 45.5 Å². The number of aliphatic hydroxyl groups is 1. The number of nitrogens with zero attached hydrogens (tertiary/aromatic N) is 1. The van der Waals surface area contributed by atoms with Crippen molar-refractivity contribution in [1.82, 2.24) is 0 Å². The second-order valence-corrected chi connectivity index (χ2v) is 18.3. The molecule has 0 aliphatic heterocycles. The van der Waals surface area contributed by atoms with Gasteiger partial charge < -0.3 is 28.4 Å². The Morgan fingerprint density at radius 2 is 1.31 bits per heavy atom. The molecule has 0 bridgehead atoms. The Bertz CT molecular complexity index is 1580. The van der Waals surface area contributed by atoms with E-state index in [1.165, 1.54) is 24.0 Å². The summed E-state index contributed by atoms with van der Waals surface area (Å²) in [6.07, 6.45) is 38.4. The van der Waals surface area contributed by atoms with Gasteiger partial charge in [-0.25, -0.2) is 4.57 Å². The molecule has 1 aromatic heterocycles. The fourth-order valence-electron chi connectivity index (χ4n) is 6.17. The topological polar surface area (TPSA) is 142 Å². The van der Waals surface area contributed by atoms with E-state index in [0.29, 0.717) is 30.3 Å². The zero-order chi connectivity index (χ0) is 45.9. The van der Waals surface area contributed by atoms with Crippen LogP contribution in [0.4, 0.5) is 0 Å². The molecule has 2 N–H and O–H groups in total. The number of esters is 2. The Labute approximate surface area is 375 Å². The first-order chi connectivity index (χ1) is 29.7. The van der Waals surface area contributed by atoms with Crippen LogP contribution in [0, 0.1) is 13.8 Å². The third kappa shape index (κ3) is 31.5. The molecule has 0 aliphatic carbocycles. The van der Waals surface area contributed by atoms with Crippen LogP contribution in [-0.4, -0.2) is 86.1 Å². The van der Waals surface area contributed by atoms with Gasteiger partial charge in [-0.15, -0.1) is 0 Å². The van der Waals surface area contributed by atoms with Crippen molar-refractivity contribution in [1.29, 1.82) is 0 Å². The molecule has 0 aromatic carbocycles. The molecule has 0 aliphatic rings. The standard InChI is InChI=1S/C50H82NO10P/c1-8-10-11-12-13-14-15-16-17-18-21-24-28-34-45(52)35-29-27-32-38-50(54)60-46(42-59-62(55,56)58-40-39-51(5,6)7)41-57-49(53)37-31-26-23-20-19-22-25-30-36-48-44(4)43(3)47(61-48)33-9-2/h10-11,13-14,16-17,21,24,27-29,34,45-46,52H,8-9,12,15,18-20,22-23,25-26,30-33,35-42H2,1-7H3/p+1/b11-10-,14-13-,17-16-,24-21-,29-27-,34-28-/t45?,46-/m1/s1. The molecule has 1 heterocycles. The first-order valence-corrected chi connectivity index (χ1v) is 24.6. The minimum atomic E-state index is -4.44. The van der Waals surface area contributed by atoms with E-state index in [0.717, 1.165) is 88.6 Å². The van der Waals surface area contributed by atoms with Crippen molar-refractivity contribution in [2.24, 2.45) is 0 Å². The van der Waals surface area contributed by atoms with E-state index in [2.05, 4.69) is 64.2 Å². The zero-order valence-electron chi connectivity index (χ0n) is 39.4. The van der Waals surface area contributed by atoms with Crippen molar-refractivity contribution in [3.63, 3.8) is 0 Å². The average molecular weight is 889 g/mol. The number of carbonyl (C=O) groups excluding carboxylic acids is 2. The minimum Gasteiger partial charge on any atom is -0.466 e. The summed E-state index contributed by atoms with van der Waals surface area (Å²) in [7, 11) is 1.33. The van der Waals surface area contributed by atoms with Crippen LogP contribution in [0.15, 0.2) is 77.3 Å². The second kappa shape index (κ2) is 35.1. The lowest BCUT2D eigenvalue weighted by Gasteiger charge is -2.24. The molecule has 3 atom stereocenters. The summed E-state index contributed by atoms with van der Waals surface area (Å²) in [6, 6.07) is 0. The van der Waals surface area contributed by atoms with Crippen molar-refractivity contribution >= 4 is 19.8 Å². The molecule has 352 valence electrons. The lowest BCUT2D eigenvalue weighted by molar-refractivity contribution is -0.870. The van der Waals surface area contributed by atoms with Crippen LogP contribution in [0.25, 0.3) is 0 Å². The maximum absolute atomic E-state index is 12.7. The summed E-state index contributed by atoms with van der Waals surface area (Å²) in [5, 5.41) is 10.3. The number of ether oxygens (including phenoxy) is 2. The molecule has 0 saturated heterocycles. The summed E-state index contributed by atoms with van der Waals surface area (Å²) in [4.78, 5) is 35.5. The number of hydrogen-bond acceptors (Lipinski definition) is 9. The predicted octanol–water partition coefficient (Wildman–Crippen LogP) is 11.6. The fourth-order valence-corrected chi connectivity index (χ4v) is 6.91. The molecular weight excluding hydrogens is 806 g/mol. The van der Waals surface area contributed by atoms with E-state index in [1.54, 1.807) is 18.2 Å². The van der Waals surface area contributed by atoms with Crippen LogP contribution < -0.4 is 0 Å². The Balaban J connectivity index is 2.43. The molecule has 0 saturated carbocycles. The average Bonchev–Trinajstić information content (AvgIpc) is 3.48. The van der Waals surface area contributed by atoms with Crippen LogP contribution in [0.2, 0.25) is 0 Å². The Hall–Kier alpha value is -3.31. The summed E-state index contributed by atoms with van der Waals surface area (Å²) in [6.45, 7) is 8.30. The number of likely N-dealkylation sites (N-methyl/N-ethyl adjacent to an activating group) is 1. The first-order valence-electron chi connectivity index (χ1n) is 23.1. The van der Waals surface area contributed by atoms with Crippen LogP contribution >= 0.6 is 7.82 Å². The number of phosphoric acid groups is 1. The quantitative estimate of drug-likeness (QED) is 0.0166. The number of aryl methyl sites for hydroxylation is 2. The number of aliphatic hydroxyl groups excluding tert-OH is 1. The van der Waals surface area contributed by atoms with Gasteiger partial charge in [0.05, 0.1) is 33.9 Å². The molecule has 0 fully saturated rings. The highest BCUT2D eigenvalue weighted by Gasteiger charge is 2.27. The highest BCUT2D eigenvalue weighted by atomic mass is 31.2. The number of hydrogen-bond donors (Lipinski definition) is 2.